The Morgan fingerprint density at radius 2 is 0.905 bits per heavy atom. The SMILES string of the molecule is c1ccc2c(c1)Oc1c(ccc3c1c1ccccc1n3-c1ccc3c(c1)c1ccccc1n3-c1ccc3ccccc3c1)C21c2ccccc2-n2c3ccccc3c3cccc1c32. The van der Waals surface area contributed by atoms with Gasteiger partial charge in [0.1, 0.15) is 11.5 Å². The van der Waals surface area contributed by atoms with Gasteiger partial charge in [-0.3, -0.25) is 0 Å². The van der Waals surface area contributed by atoms with E-state index in [1.807, 2.05) is 0 Å². The highest BCUT2D eigenvalue weighted by Gasteiger charge is 2.51. The summed E-state index contributed by atoms with van der Waals surface area (Å²) in [4.78, 5) is 0. The van der Waals surface area contributed by atoms with Crippen molar-refractivity contribution >= 4 is 76.2 Å². The summed E-state index contributed by atoms with van der Waals surface area (Å²) in [5, 5.41) is 9.71. The van der Waals surface area contributed by atoms with Gasteiger partial charge in [0.15, 0.2) is 0 Å². The number of nitrogens with zero attached hydrogens (tertiary/aromatic N) is 3. The van der Waals surface area contributed by atoms with E-state index in [4.69, 9.17) is 4.74 Å². The van der Waals surface area contributed by atoms with Crippen LogP contribution in [0.4, 0.5) is 0 Å². The van der Waals surface area contributed by atoms with Gasteiger partial charge in [-0.2, -0.15) is 0 Å². The van der Waals surface area contributed by atoms with Gasteiger partial charge in [0, 0.05) is 49.4 Å². The van der Waals surface area contributed by atoms with Crippen LogP contribution in [-0.2, 0) is 5.41 Å². The summed E-state index contributed by atoms with van der Waals surface area (Å²) in [5.41, 5.74) is 14.7. The first-order valence-corrected chi connectivity index (χ1v) is 21.8. The molecular formula is C59H35N3O. The van der Waals surface area contributed by atoms with Gasteiger partial charge in [-0.1, -0.05) is 146 Å². The lowest BCUT2D eigenvalue weighted by atomic mass is 9.61. The van der Waals surface area contributed by atoms with Gasteiger partial charge in [-0.15, -0.1) is 0 Å². The van der Waals surface area contributed by atoms with Gasteiger partial charge in [0.2, 0.25) is 0 Å². The molecule has 0 aliphatic carbocycles. The minimum absolute atomic E-state index is 0.647. The van der Waals surface area contributed by atoms with Crippen LogP contribution in [0.5, 0.6) is 11.5 Å². The topological polar surface area (TPSA) is 24.0 Å². The molecule has 0 radical (unpaired) electrons. The second kappa shape index (κ2) is 11.9. The summed E-state index contributed by atoms with van der Waals surface area (Å²) in [6.07, 6.45) is 0. The fourth-order valence-corrected chi connectivity index (χ4v) is 11.8. The Bertz CT molecular complexity index is 4140. The Labute approximate surface area is 361 Å². The molecule has 63 heavy (non-hydrogen) atoms. The standard InChI is InChI=1S/C59H35N3O/c1-2-15-37-34-38(29-28-36(37)14-1)60-49-23-8-4-17-41(49)44-35-39(30-32-52(44)60)61-51-25-10-5-18-43(51)56-54(61)33-31-48-58(56)63-55-27-12-7-21-46(55)59(48)45-20-6-11-26-53(45)62-50-24-9-3-16-40(50)42-19-13-22-47(59)57(42)62/h1-35H. The van der Waals surface area contributed by atoms with Crippen LogP contribution in [0.15, 0.2) is 212 Å². The quantitative estimate of drug-likeness (QED) is 0.171. The number of benzene rings is 10. The maximum atomic E-state index is 7.32. The number of rotatable bonds is 2. The number of hydrogen-bond acceptors (Lipinski definition) is 1. The molecule has 3 aromatic heterocycles. The first-order valence-electron chi connectivity index (χ1n) is 21.8. The third kappa shape index (κ3) is 4.11. The molecule has 4 heteroatoms. The van der Waals surface area contributed by atoms with E-state index in [0.717, 1.165) is 55.8 Å². The molecule has 0 saturated carbocycles. The van der Waals surface area contributed by atoms with Crippen LogP contribution in [0, 0.1) is 0 Å². The van der Waals surface area contributed by atoms with Crippen molar-refractivity contribution in [3.05, 3.63) is 235 Å². The highest BCUT2D eigenvalue weighted by atomic mass is 16.5. The second-order valence-corrected chi connectivity index (χ2v) is 17.2. The average Bonchev–Trinajstić information content (AvgIpc) is 3.99. The maximum Gasteiger partial charge on any atom is 0.142 e. The van der Waals surface area contributed by atoms with Crippen molar-refractivity contribution in [2.24, 2.45) is 0 Å². The van der Waals surface area contributed by atoms with Crippen LogP contribution in [0.2, 0.25) is 0 Å². The first kappa shape index (κ1) is 33.4. The van der Waals surface area contributed by atoms with Gasteiger partial charge >= 0.3 is 0 Å². The molecule has 2 aliphatic heterocycles. The molecule has 15 rings (SSSR count). The lowest BCUT2D eigenvalue weighted by Gasteiger charge is -2.45. The molecule has 4 nitrogen and oxygen atoms in total. The molecule has 10 aromatic carbocycles. The van der Waals surface area contributed by atoms with Gasteiger partial charge < -0.3 is 18.4 Å². The van der Waals surface area contributed by atoms with Crippen LogP contribution in [0.1, 0.15) is 22.3 Å². The van der Waals surface area contributed by atoms with E-state index in [0.29, 0.717) is 0 Å². The van der Waals surface area contributed by atoms with Crippen LogP contribution in [0.3, 0.4) is 0 Å². The molecule has 2 aliphatic rings. The monoisotopic (exact) mass is 801 g/mol. The van der Waals surface area contributed by atoms with E-state index in [1.54, 1.807) is 0 Å². The smallest absolute Gasteiger partial charge is 0.142 e. The third-order valence-electron chi connectivity index (χ3n) is 14.3. The van der Waals surface area contributed by atoms with Crippen molar-refractivity contribution in [2.75, 3.05) is 0 Å². The first-order chi connectivity index (χ1) is 31.3. The summed E-state index contributed by atoms with van der Waals surface area (Å²) >= 11 is 0. The van der Waals surface area contributed by atoms with Gasteiger partial charge in [-0.05, 0) is 88.6 Å². The Hall–Kier alpha value is -8.34. The second-order valence-electron chi connectivity index (χ2n) is 17.2. The molecule has 0 bridgehead atoms. The molecular weight excluding hydrogens is 767 g/mol. The molecule has 1 unspecified atom stereocenters. The number of para-hydroxylation sites is 6. The van der Waals surface area contributed by atoms with Crippen molar-refractivity contribution in [1.29, 1.82) is 0 Å². The fourth-order valence-electron chi connectivity index (χ4n) is 11.8. The van der Waals surface area contributed by atoms with Crippen molar-refractivity contribution < 1.29 is 4.74 Å². The van der Waals surface area contributed by atoms with Crippen LogP contribution >= 0.6 is 0 Å². The Kier molecular flexibility index (Phi) is 6.32. The van der Waals surface area contributed by atoms with E-state index in [9.17, 15) is 0 Å². The number of fused-ring (bicyclic) bond motifs is 19. The van der Waals surface area contributed by atoms with Crippen molar-refractivity contribution in [1.82, 2.24) is 13.7 Å². The number of ether oxygens (including phenoxy) is 1. The minimum atomic E-state index is -0.647. The predicted octanol–water partition coefficient (Wildman–Crippen LogP) is 14.9. The lowest BCUT2D eigenvalue weighted by Crippen LogP contribution is -2.37. The van der Waals surface area contributed by atoms with Crippen LogP contribution in [-0.4, -0.2) is 13.7 Å². The van der Waals surface area contributed by atoms with Crippen molar-refractivity contribution in [2.45, 2.75) is 5.41 Å². The summed E-state index contributed by atoms with van der Waals surface area (Å²) in [5.74, 6) is 1.79. The van der Waals surface area contributed by atoms with E-state index >= 15 is 0 Å². The summed E-state index contributed by atoms with van der Waals surface area (Å²) in [7, 11) is 0. The zero-order valence-corrected chi connectivity index (χ0v) is 34.0. The molecule has 1 spiro atoms. The Balaban J connectivity index is 1.03. The highest BCUT2D eigenvalue weighted by Crippen LogP contribution is 2.62. The number of hydrogen-bond donors (Lipinski definition) is 0. The summed E-state index contributed by atoms with van der Waals surface area (Å²) in [6, 6.07) is 78.2. The maximum absolute atomic E-state index is 7.32. The highest BCUT2D eigenvalue weighted by molar-refractivity contribution is 6.16. The minimum Gasteiger partial charge on any atom is -0.456 e. The van der Waals surface area contributed by atoms with Crippen molar-refractivity contribution in [3.63, 3.8) is 0 Å². The molecule has 0 amide bonds. The van der Waals surface area contributed by atoms with E-state index in [2.05, 4.69) is 226 Å². The van der Waals surface area contributed by atoms with E-state index in [1.165, 1.54) is 71.2 Å². The average molecular weight is 802 g/mol. The predicted molar refractivity (Wildman–Crippen MR) is 259 cm³/mol. The molecule has 0 N–H and O–H groups in total. The zero-order chi connectivity index (χ0) is 41.0. The number of aromatic nitrogens is 3. The van der Waals surface area contributed by atoms with Gasteiger partial charge in [0.25, 0.3) is 0 Å². The van der Waals surface area contributed by atoms with Crippen LogP contribution < -0.4 is 4.74 Å². The van der Waals surface area contributed by atoms with E-state index in [-0.39, 0.29) is 0 Å². The normalized spacial score (nSPS) is 15.2. The van der Waals surface area contributed by atoms with Crippen molar-refractivity contribution in [3.8, 4) is 28.6 Å². The van der Waals surface area contributed by atoms with Crippen LogP contribution in [0.25, 0.3) is 93.3 Å². The molecule has 0 saturated heterocycles. The largest absolute Gasteiger partial charge is 0.456 e. The molecule has 13 aromatic rings. The molecule has 5 heterocycles. The zero-order valence-electron chi connectivity index (χ0n) is 34.0. The van der Waals surface area contributed by atoms with Gasteiger partial charge in [0.05, 0.1) is 49.6 Å². The Morgan fingerprint density at radius 3 is 1.76 bits per heavy atom. The molecule has 0 fully saturated rings. The molecule has 1 atom stereocenters. The fraction of sp³-hybridized carbons (Fsp3) is 0.0169. The molecule has 292 valence electrons. The van der Waals surface area contributed by atoms with E-state index < -0.39 is 5.41 Å². The lowest BCUT2D eigenvalue weighted by molar-refractivity contribution is 0.439. The third-order valence-corrected chi connectivity index (χ3v) is 14.3. The summed E-state index contributed by atoms with van der Waals surface area (Å²) < 4.78 is 14.7. The van der Waals surface area contributed by atoms with Gasteiger partial charge in [-0.25, -0.2) is 0 Å². The summed E-state index contributed by atoms with van der Waals surface area (Å²) in [6.45, 7) is 0. The Morgan fingerprint density at radius 1 is 0.333 bits per heavy atom.